The van der Waals surface area contributed by atoms with Gasteiger partial charge in [-0.2, -0.15) is 0 Å². The van der Waals surface area contributed by atoms with Crippen molar-refractivity contribution < 1.29 is 23.0 Å². The summed E-state index contributed by atoms with van der Waals surface area (Å²) in [6, 6.07) is 3.46. The lowest BCUT2D eigenvalue weighted by atomic mass is 10.1. The van der Waals surface area contributed by atoms with Crippen molar-refractivity contribution in [3.05, 3.63) is 35.4 Å². The Kier molecular flexibility index (Phi) is 4.99. The largest absolute Gasteiger partial charge is 0.331 e. The first-order valence-corrected chi connectivity index (χ1v) is 5.16. The number of methoxy groups -OCH3 is 3. The monoisotopic (exact) mass is 246 g/mol. The van der Waals surface area contributed by atoms with Gasteiger partial charge >= 0.3 is 0 Å². The Labute approximate surface area is 99.3 Å². The second-order valence-corrected chi connectivity index (χ2v) is 3.53. The molecule has 0 bridgehead atoms. The molecule has 0 saturated heterocycles. The van der Waals surface area contributed by atoms with Crippen LogP contribution in [0.25, 0.3) is 0 Å². The van der Waals surface area contributed by atoms with Gasteiger partial charge in [0.1, 0.15) is 11.6 Å². The van der Waals surface area contributed by atoms with E-state index in [4.69, 9.17) is 14.2 Å². The summed E-state index contributed by atoms with van der Waals surface area (Å²) < 4.78 is 41.3. The summed E-state index contributed by atoms with van der Waals surface area (Å²) in [6.07, 6.45) is 0.626. The molecular weight excluding hydrogens is 230 g/mol. The molecule has 0 N–H and O–H groups in total. The van der Waals surface area contributed by atoms with Gasteiger partial charge in [-0.15, -0.1) is 0 Å². The summed E-state index contributed by atoms with van der Waals surface area (Å²) in [4.78, 5) is 0. The van der Waals surface area contributed by atoms with E-state index in [2.05, 4.69) is 0 Å². The van der Waals surface area contributed by atoms with Crippen LogP contribution in [0.3, 0.4) is 0 Å². The minimum Gasteiger partial charge on any atom is -0.331 e. The van der Waals surface area contributed by atoms with Gasteiger partial charge in [-0.1, -0.05) is 6.07 Å². The molecule has 1 aromatic rings. The van der Waals surface area contributed by atoms with E-state index in [0.29, 0.717) is 18.4 Å². The van der Waals surface area contributed by atoms with E-state index in [-0.39, 0.29) is 0 Å². The zero-order valence-electron chi connectivity index (χ0n) is 10.1. The molecule has 5 heteroatoms. The third kappa shape index (κ3) is 3.46. The molecule has 0 atom stereocenters. The standard InChI is InChI=1S/C12H16F2O3/c1-15-12(16-2,17-3)7-6-9-4-5-10(13)8-11(9)14/h4-5,8H,6-7H2,1-3H3. The summed E-state index contributed by atoms with van der Waals surface area (Å²) in [6.45, 7) is 0. The highest BCUT2D eigenvalue weighted by molar-refractivity contribution is 5.18. The number of halogens is 2. The van der Waals surface area contributed by atoms with Crippen molar-refractivity contribution in [2.45, 2.75) is 18.8 Å². The molecule has 0 amide bonds. The van der Waals surface area contributed by atoms with E-state index >= 15 is 0 Å². The fourth-order valence-corrected chi connectivity index (χ4v) is 1.57. The maximum Gasteiger partial charge on any atom is 0.282 e. The highest BCUT2D eigenvalue weighted by atomic mass is 19.1. The summed E-state index contributed by atoms with van der Waals surface area (Å²) >= 11 is 0. The molecule has 0 heterocycles. The average Bonchev–Trinajstić information content (AvgIpc) is 2.33. The molecule has 0 radical (unpaired) electrons. The summed E-state index contributed by atoms with van der Waals surface area (Å²) in [5, 5.41) is 0. The number of ether oxygens (including phenoxy) is 3. The fourth-order valence-electron chi connectivity index (χ4n) is 1.57. The van der Waals surface area contributed by atoms with Crippen molar-refractivity contribution in [1.29, 1.82) is 0 Å². The maximum absolute atomic E-state index is 13.4. The Morgan fingerprint density at radius 2 is 1.65 bits per heavy atom. The van der Waals surface area contributed by atoms with Gasteiger partial charge in [0.25, 0.3) is 5.97 Å². The van der Waals surface area contributed by atoms with Gasteiger partial charge in [0.15, 0.2) is 0 Å². The zero-order chi connectivity index (χ0) is 12.9. The van der Waals surface area contributed by atoms with E-state index in [1.807, 2.05) is 0 Å². The molecular formula is C12H16F2O3. The lowest BCUT2D eigenvalue weighted by Gasteiger charge is -2.28. The van der Waals surface area contributed by atoms with E-state index in [1.165, 1.54) is 33.5 Å². The van der Waals surface area contributed by atoms with Gasteiger partial charge in [-0.05, 0) is 18.1 Å². The van der Waals surface area contributed by atoms with Crippen molar-refractivity contribution >= 4 is 0 Å². The lowest BCUT2D eigenvalue weighted by molar-refractivity contribution is -0.354. The molecule has 0 aliphatic carbocycles. The van der Waals surface area contributed by atoms with Crippen molar-refractivity contribution in [1.82, 2.24) is 0 Å². The van der Waals surface area contributed by atoms with E-state index in [9.17, 15) is 8.78 Å². The molecule has 0 fully saturated rings. The fraction of sp³-hybridized carbons (Fsp3) is 0.500. The molecule has 17 heavy (non-hydrogen) atoms. The topological polar surface area (TPSA) is 27.7 Å². The molecule has 96 valence electrons. The smallest absolute Gasteiger partial charge is 0.282 e. The van der Waals surface area contributed by atoms with Crippen LogP contribution >= 0.6 is 0 Å². The molecule has 1 rings (SSSR count). The van der Waals surface area contributed by atoms with Crippen LogP contribution in [0.4, 0.5) is 8.78 Å². The Bertz CT molecular complexity index is 357. The van der Waals surface area contributed by atoms with Crippen LogP contribution in [-0.2, 0) is 20.6 Å². The predicted octanol–water partition coefficient (Wildman–Crippen LogP) is 2.49. The third-order valence-electron chi connectivity index (χ3n) is 2.65. The summed E-state index contributed by atoms with van der Waals surface area (Å²) in [5.74, 6) is -2.37. The van der Waals surface area contributed by atoms with Gasteiger partial charge in [0.2, 0.25) is 0 Å². The van der Waals surface area contributed by atoms with Crippen LogP contribution in [0.15, 0.2) is 18.2 Å². The van der Waals surface area contributed by atoms with Crippen molar-refractivity contribution in [3.63, 3.8) is 0 Å². The van der Waals surface area contributed by atoms with Gasteiger partial charge in [0.05, 0.1) is 0 Å². The average molecular weight is 246 g/mol. The SMILES string of the molecule is COC(CCc1ccc(F)cc1F)(OC)OC. The van der Waals surface area contributed by atoms with Crippen molar-refractivity contribution in [2.75, 3.05) is 21.3 Å². The van der Waals surface area contributed by atoms with Crippen LogP contribution in [-0.4, -0.2) is 27.3 Å². The van der Waals surface area contributed by atoms with Gasteiger partial charge < -0.3 is 14.2 Å². The quantitative estimate of drug-likeness (QED) is 0.722. The summed E-state index contributed by atoms with van der Waals surface area (Å²) in [5.41, 5.74) is 0.391. The molecule has 1 aromatic carbocycles. The molecule has 0 saturated carbocycles. The number of aryl methyl sites for hydroxylation is 1. The minimum atomic E-state index is -1.19. The number of benzene rings is 1. The first kappa shape index (κ1) is 14.0. The Morgan fingerprint density at radius 1 is 1.06 bits per heavy atom. The summed E-state index contributed by atoms with van der Waals surface area (Å²) in [7, 11) is 4.32. The van der Waals surface area contributed by atoms with Crippen molar-refractivity contribution in [3.8, 4) is 0 Å². The second-order valence-electron chi connectivity index (χ2n) is 3.53. The minimum absolute atomic E-state index is 0.305. The third-order valence-corrected chi connectivity index (χ3v) is 2.65. The van der Waals surface area contributed by atoms with Gasteiger partial charge in [-0.25, -0.2) is 8.78 Å². The van der Waals surface area contributed by atoms with Gasteiger partial charge in [0, 0.05) is 33.8 Å². The molecule has 0 aliphatic rings. The van der Waals surface area contributed by atoms with E-state index in [0.717, 1.165) is 6.07 Å². The van der Waals surface area contributed by atoms with Crippen molar-refractivity contribution in [2.24, 2.45) is 0 Å². The number of rotatable bonds is 6. The van der Waals surface area contributed by atoms with Crippen LogP contribution in [0, 0.1) is 11.6 Å². The maximum atomic E-state index is 13.4. The highest BCUT2D eigenvalue weighted by Gasteiger charge is 2.29. The molecule has 0 aromatic heterocycles. The molecule has 3 nitrogen and oxygen atoms in total. The lowest BCUT2D eigenvalue weighted by Crippen LogP contribution is -2.36. The number of hydrogen-bond acceptors (Lipinski definition) is 3. The Hall–Kier alpha value is -1.04. The molecule has 0 spiro atoms. The van der Waals surface area contributed by atoms with Crippen LogP contribution in [0.2, 0.25) is 0 Å². The number of hydrogen-bond donors (Lipinski definition) is 0. The first-order valence-electron chi connectivity index (χ1n) is 5.16. The normalized spacial score (nSPS) is 11.8. The zero-order valence-corrected chi connectivity index (χ0v) is 10.1. The highest BCUT2D eigenvalue weighted by Crippen LogP contribution is 2.21. The molecule has 0 unspecified atom stereocenters. The Balaban J connectivity index is 2.72. The molecule has 0 aliphatic heterocycles. The predicted molar refractivity (Wildman–Crippen MR) is 58.4 cm³/mol. The van der Waals surface area contributed by atoms with Crippen LogP contribution in [0.1, 0.15) is 12.0 Å². The van der Waals surface area contributed by atoms with E-state index < -0.39 is 17.6 Å². The Morgan fingerprint density at radius 3 is 2.12 bits per heavy atom. The van der Waals surface area contributed by atoms with Gasteiger partial charge in [-0.3, -0.25) is 0 Å². The van der Waals surface area contributed by atoms with E-state index in [1.54, 1.807) is 0 Å². The second kappa shape index (κ2) is 6.05. The van der Waals surface area contributed by atoms with Crippen LogP contribution in [0.5, 0.6) is 0 Å². The first-order chi connectivity index (χ1) is 8.06. The van der Waals surface area contributed by atoms with Crippen LogP contribution < -0.4 is 0 Å².